The topological polar surface area (TPSA) is 83.5 Å². The summed E-state index contributed by atoms with van der Waals surface area (Å²) in [5.41, 5.74) is 4.53. The summed E-state index contributed by atoms with van der Waals surface area (Å²) in [5, 5.41) is 13.5. The Morgan fingerprint density at radius 2 is 1.72 bits per heavy atom. The number of nitrogens with zero attached hydrogens (tertiary/aromatic N) is 5. The molecule has 0 bridgehead atoms. The van der Waals surface area contributed by atoms with Gasteiger partial charge in [-0.05, 0) is 42.3 Å². The summed E-state index contributed by atoms with van der Waals surface area (Å²) in [5.74, 6) is 1.37. The van der Waals surface area contributed by atoms with Crippen LogP contribution in [0.15, 0.2) is 65.6 Å². The summed E-state index contributed by atoms with van der Waals surface area (Å²) in [6.45, 7) is 2.04. The number of ether oxygens (including phenoxy) is 2. The van der Waals surface area contributed by atoms with Gasteiger partial charge in [-0.1, -0.05) is 31.2 Å². The molecule has 0 saturated heterocycles. The van der Waals surface area contributed by atoms with E-state index in [0.29, 0.717) is 29.0 Å². The fourth-order valence-corrected chi connectivity index (χ4v) is 3.91. The average Bonchev–Trinajstić information content (AvgIpc) is 3.23. The molecule has 0 amide bonds. The molecule has 5 aromatic rings. The highest BCUT2D eigenvalue weighted by molar-refractivity contribution is 5.85. The maximum absolute atomic E-state index is 13.3. The van der Waals surface area contributed by atoms with E-state index in [0.717, 1.165) is 22.6 Å². The number of benzene rings is 2. The number of aromatic nitrogens is 5. The number of rotatable bonds is 5. The fraction of sp³-hybridized carbons (Fsp3) is 0.167. The molecular formula is C24H21N5O3. The van der Waals surface area contributed by atoms with E-state index in [2.05, 4.69) is 10.2 Å². The minimum absolute atomic E-state index is 0.234. The predicted octanol–water partition coefficient (Wildman–Crippen LogP) is 3.68. The maximum atomic E-state index is 13.3. The number of para-hydroxylation sites is 2. The highest BCUT2D eigenvalue weighted by Crippen LogP contribution is 2.30. The van der Waals surface area contributed by atoms with Crippen LogP contribution in [0.1, 0.15) is 12.6 Å². The summed E-state index contributed by atoms with van der Waals surface area (Å²) < 4.78 is 13.9. The molecule has 3 heterocycles. The molecule has 8 nitrogen and oxygen atoms in total. The standard InChI is InChI=1S/C24H21N5O3/c1-4-17-21(15-9-11-16(31-2)12-10-15)23-26-25-22-19(29(23)27-17)13-14-28(24(22)30)18-7-5-6-8-20(18)32-3/h5-14H,4H2,1-3H3. The molecule has 0 aliphatic rings. The van der Waals surface area contributed by atoms with Gasteiger partial charge in [-0.25, -0.2) is 4.52 Å². The molecule has 0 N–H and O–H groups in total. The van der Waals surface area contributed by atoms with Crippen molar-refractivity contribution >= 4 is 16.7 Å². The molecule has 8 heteroatoms. The predicted molar refractivity (Wildman–Crippen MR) is 122 cm³/mol. The number of fused-ring (bicyclic) bond motifs is 3. The van der Waals surface area contributed by atoms with Crippen LogP contribution in [0.25, 0.3) is 33.5 Å². The SMILES string of the molecule is CCc1nn2c(nnc3c(=O)n(-c4ccccc4OC)ccc32)c1-c1ccc(OC)cc1. The second-order valence-electron chi connectivity index (χ2n) is 7.24. The number of hydrogen-bond acceptors (Lipinski definition) is 6. The van der Waals surface area contributed by atoms with Crippen LogP contribution in [0, 0.1) is 0 Å². The van der Waals surface area contributed by atoms with Crippen molar-refractivity contribution in [2.45, 2.75) is 13.3 Å². The lowest BCUT2D eigenvalue weighted by Crippen LogP contribution is -2.20. The second-order valence-corrected chi connectivity index (χ2v) is 7.24. The Balaban J connectivity index is 1.75. The first-order valence-corrected chi connectivity index (χ1v) is 10.2. The molecule has 0 spiro atoms. The Kier molecular flexibility index (Phi) is 4.82. The van der Waals surface area contributed by atoms with Gasteiger partial charge in [0.15, 0.2) is 11.2 Å². The quantitative estimate of drug-likeness (QED) is 0.426. The van der Waals surface area contributed by atoms with E-state index in [1.54, 1.807) is 24.9 Å². The minimum atomic E-state index is -0.291. The molecule has 160 valence electrons. The number of aryl methyl sites for hydroxylation is 1. The van der Waals surface area contributed by atoms with Gasteiger partial charge in [0.1, 0.15) is 17.0 Å². The first kappa shape index (κ1) is 19.7. The van der Waals surface area contributed by atoms with Crippen LogP contribution >= 0.6 is 0 Å². The van der Waals surface area contributed by atoms with Crippen LogP contribution in [0.2, 0.25) is 0 Å². The Morgan fingerprint density at radius 1 is 0.938 bits per heavy atom. The fourth-order valence-electron chi connectivity index (χ4n) is 3.91. The molecule has 32 heavy (non-hydrogen) atoms. The van der Waals surface area contributed by atoms with Crippen molar-refractivity contribution in [3.63, 3.8) is 0 Å². The van der Waals surface area contributed by atoms with Crippen molar-refractivity contribution in [3.8, 4) is 28.3 Å². The largest absolute Gasteiger partial charge is 0.497 e. The first-order valence-electron chi connectivity index (χ1n) is 10.2. The lowest BCUT2D eigenvalue weighted by Gasteiger charge is -2.11. The minimum Gasteiger partial charge on any atom is -0.497 e. The van der Waals surface area contributed by atoms with Crippen molar-refractivity contribution in [1.29, 1.82) is 0 Å². The molecule has 3 aromatic heterocycles. The van der Waals surface area contributed by atoms with Crippen molar-refractivity contribution < 1.29 is 9.47 Å². The van der Waals surface area contributed by atoms with E-state index < -0.39 is 0 Å². The van der Waals surface area contributed by atoms with Crippen LogP contribution in [-0.4, -0.2) is 38.6 Å². The number of hydrogen-bond donors (Lipinski definition) is 0. The monoisotopic (exact) mass is 427 g/mol. The smallest absolute Gasteiger partial charge is 0.285 e. The third-order valence-electron chi connectivity index (χ3n) is 5.51. The Bertz CT molecular complexity index is 1500. The molecule has 2 aromatic carbocycles. The third-order valence-corrected chi connectivity index (χ3v) is 5.51. The number of pyridine rings is 1. The van der Waals surface area contributed by atoms with Gasteiger partial charge in [0.2, 0.25) is 0 Å². The lowest BCUT2D eigenvalue weighted by atomic mass is 10.0. The van der Waals surface area contributed by atoms with E-state index in [4.69, 9.17) is 14.6 Å². The van der Waals surface area contributed by atoms with Crippen LogP contribution < -0.4 is 15.0 Å². The number of methoxy groups -OCH3 is 2. The third kappa shape index (κ3) is 2.99. The van der Waals surface area contributed by atoms with E-state index in [1.807, 2.05) is 61.5 Å². The molecule has 5 rings (SSSR count). The van der Waals surface area contributed by atoms with Gasteiger partial charge in [-0.15, -0.1) is 10.2 Å². The van der Waals surface area contributed by atoms with Gasteiger partial charge in [-0.2, -0.15) is 5.10 Å². The van der Waals surface area contributed by atoms with Gasteiger partial charge >= 0.3 is 0 Å². The Hall–Kier alpha value is -4.20. The zero-order chi connectivity index (χ0) is 22.2. The zero-order valence-electron chi connectivity index (χ0n) is 17.9. The lowest BCUT2D eigenvalue weighted by molar-refractivity contribution is 0.412. The molecule has 0 atom stereocenters. The highest BCUT2D eigenvalue weighted by atomic mass is 16.5. The maximum Gasteiger partial charge on any atom is 0.285 e. The summed E-state index contributed by atoms with van der Waals surface area (Å²) in [7, 11) is 3.21. The van der Waals surface area contributed by atoms with Gasteiger partial charge in [0, 0.05) is 6.20 Å². The van der Waals surface area contributed by atoms with Crippen molar-refractivity contribution in [2.75, 3.05) is 14.2 Å². The second kappa shape index (κ2) is 7.81. The molecule has 0 aliphatic carbocycles. The van der Waals surface area contributed by atoms with Crippen LogP contribution in [-0.2, 0) is 6.42 Å². The molecule has 0 unspecified atom stereocenters. The van der Waals surface area contributed by atoms with Gasteiger partial charge in [0.05, 0.1) is 31.2 Å². The van der Waals surface area contributed by atoms with Crippen LogP contribution in [0.3, 0.4) is 0 Å². The van der Waals surface area contributed by atoms with Crippen molar-refractivity contribution in [2.24, 2.45) is 0 Å². The van der Waals surface area contributed by atoms with Gasteiger partial charge < -0.3 is 9.47 Å². The molecule has 0 radical (unpaired) electrons. The van der Waals surface area contributed by atoms with Crippen molar-refractivity contribution in [1.82, 2.24) is 24.4 Å². The Morgan fingerprint density at radius 3 is 2.44 bits per heavy atom. The van der Waals surface area contributed by atoms with Crippen LogP contribution in [0.5, 0.6) is 11.5 Å². The molecule has 0 saturated carbocycles. The molecule has 0 fully saturated rings. The van der Waals surface area contributed by atoms with Gasteiger partial charge in [0.25, 0.3) is 5.56 Å². The molecular weight excluding hydrogens is 406 g/mol. The first-order chi connectivity index (χ1) is 15.7. The van der Waals surface area contributed by atoms with Gasteiger partial charge in [-0.3, -0.25) is 9.36 Å². The summed E-state index contributed by atoms with van der Waals surface area (Å²) in [4.78, 5) is 13.3. The zero-order valence-corrected chi connectivity index (χ0v) is 17.9. The summed E-state index contributed by atoms with van der Waals surface area (Å²) in [6.07, 6.45) is 2.43. The van der Waals surface area contributed by atoms with E-state index in [9.17, 15) is 4.79 Å². The highest BCUT2D eigenvalue weighted by Gasteiger charge is 2.19. The van der Waals surface area contributed by atoms with Crippen molar-refractivity contribution in [3.05, 3.63) is 76.8 Å². The van der Waals surface area contributed by atoms with Crippen LogP contribution in [0.4, 0.5) is 0 Å². The summed E-state index contributed by atoms with van der Waals surface area (Å²) in [6, 6.07) is 16.9. The van der Waals surface area contributed by atoms with E-state index in [1.165, 1.54) is 4.57 Å². The average molecular weight is 427 g/mol. The van der Waals surface area contributed by atoms with E-state index >= 15 is 0 Å². The molecule has 0 aliphatic heterocycles. The van der Waals surface area contributed by atoms with E-state index in [-0.39, 0.29) is 11.1 Å². The summed E-state index contributed by atoms with van der Waals surface area (Å²) >= 11 is 0. The Labute approximate surface area is 183 Å². The normalized spacial score (nSPS) is 11.2.